The molecule has 0 bridgehead atoms. The van der Waals surface area contributed by atoms with Gasteiger partial charge in [0.25, 0.3) is 0 Å². The van der Waals surface area contributed by atoms with E-state index in [4.69, 9.17) is 5.73 Å². The average molecular weight is 236 g/mol. The molecule has 0 aromatic heterocycles. The Morgan fingerprint density at radius 1 is 1.41 bits per heavy atom. The van der Waals surface area contributed by atoms with Crippen molar-refractivity contribution in [1.82, 2.24) is 4.90 Å². The van der Waals surface area contributed by atoms with Gasteiger partial charge in [-0.1, -0.05) is 19.1 Å². The fourth-order valence-electron chi connectivity index (χ4n) is 2.69. The Balaban J connectivity index is 2.12. The summed E-state index contributed by atoms with van der Waals surface area (Å²) in [7, 11) is 0. The van der Waals surface area contributed by atoms with Crippen LogP contribution < -0.4 is 5.73 Å². The minimum Gasteiger partial charge on any atom is -0.329 e. The highest BCUT2D eigenvalue weighted by Crippen LogP contribution is 2.26. The molecule has 0 unspecified atom stereocenters. The Kier molecular flexibility index (Phi) is 4.13. The number of benzene rings is 1. The fraction of sp³-hybridized carbons (Fsp3) is 0.571. The molecule has 3 heteroatoms. The molecule has 0 amide bonds. The van der Waals surface area contributed by atoms with E-state index < -0.39 is 0 Å². The predicted octanol–water partition coefficient (Wildman–Crippen LogP) is 2.56. The number of hydrogen-bond donors (Lipinski definition) is 1. The highest BCUT2D eigenvalue weighted by atomic mass is 19.1. The molecular formula is C14H21FN2. The summed E-state index contributed by atoms with van der Waals surface area (Å²) >= 11 is 0. The molecule has 0 saturated carbocycles. The summed E-state index contributed by atoms with van der Waals surface area (Å²) in [5.41, 5.74) is 7.01. The zero-order chi connectivity index (χ0) is 12.3. The Bertz CT molecular complexity index is 350. The van der Waals surface area contributed by atoms with Crippen LogP contribution in [0.4, 0.5) is 4.39 Å². The van der Waals surface area contributed by atoms with Crippen molar-refractivity contribution in [1.29, 1.82) is 0 Å². The lowest BCUT2D eigenvalue weighted by Crippen LogP contribution is -2.40. The highest BCUT2D eigenvalue weighted by Gasteiger charge is 2.23. The number of halogens is 1. The summed E-state index contributed by atoms with van der Waals surface area (Å²) in [6.07, 6.45) is 2.54. The number of piperidine rings is 1. The van der Waals surface area contributed by atoms with Gasteiger partial charge < -0.3 is 5.73 Å². The quantitative estimate of drug-likeness (QED) is 0.874. The lowest BCUT2D eigenvalue weighted by molar-refractivity contribution is 0.133. The lowest BCUT2D eigenvalue weighted by atomic mass is 9.96. The minimum absolute atomic E-state index is 0.184. The second-order valence-corrected chi connectivity index (χ2v) is 5.05. The first-order valence-corrected chi connectivity index (χ1v) is 6.40. The van der Waals surface area contributed by atoms with E-state index in [1.807, 2.05) is 12.1 Å². The van der Waals surface area contributed by atoms with Crippen LogP contribution in [-0.4, -0.2) is 24.5 Å². The van der Waals surface area contributed by atoms with Crippen LogP contribution in [0.1, 0.15) is 31.4 Å². The first kappa shape index (κ1) is 12.5. The van der Waals surface area contributed by atoms with Crippen molar-refractivity contribution in [2.45, 2.75) is 25.8 Å². The van der Waals surface area contributed by atoms with Crippen LogP contribution >= 0.6 is 0 Å². The Morgan fingerprint density at radius 3 is 2.71 bits per heavy atom. The zero-order valence-electron chi connectivity index (χ0n) is 10.4. The largest absolute Gasteiger partial charge is 0.329 e. The standard InChI is InChI=1S/C14H21FN2/c1-11-3-2-8-17(10-11)14(9-16)12-4-6-13(15)7-5-12/h4-7,11,14H,2-3,8-10,16H2,1H3/t11-,14-/m0/s1. The van der Waals surface area contributed by atoms with E-state index in [0.29, 0.717) is 6.54 Å². The molecule has 0 spiro atoms. The maximum absolute atomic E-state index is 12.9. The number of nitrogens with two attached hydrogens (primary N) is 1. The number of likely N-dealkylation sites (tertiary alicyclic amines) is 1. The molecule has 2 rings (SSSR count). The maximum atomic E-state index is 12.9. The SMILES string of the molecule is C[C@H]1CCCN([C@@H](CN)c2ccc(F)cc2)C1. The third-order valence-corrected chi connectivity index (χ3v) is 3.61. The van der Waals surface area contributed by atoms with Crippen LogP contribution in [0.5, 0.6) is 0 Å². The molecule has 2 atom stereocenters. The van der Waals surface area contributed by atoms with Gasteiger partial charge in [-0.05, 0) is 43.0 Å². The molecular weight excluding hydrogens is 215 g/mol. The maximum Gasteiger partial charge on any atom is 0.123 e. The van der Waals surface area contributed by atoms with Gasteiger partial charge in [0.2, 0.25) is 0 Å². The smallest absolute Gasteiger partial charge is 0.123 e. The average Bonchev–Trinajstić information content (AvgIpc) is 2.33. The van der Waals surface area contributed by atoms with Gasteiger partial charge in [-0.25, -0.2) is 4.39 Å². The summed E-state index contributed by atoms with van der Waals surface area (Å²) in [5.74, 6) is 0.551. The molecule has 2 nitrogen and oxygen atoms in total. The van der Waals surface area contributed by atoms with E-state index in [1.165, 1.54) is 25.0 Å². The monoisotopic (exact) mass is 236 g/mol. The molecule has 1 saturated heterocycles. The third-order valence-electron chi connectivity index (χ3n) is 3.61. The van der Waals surface area contributed by atoms with Gasteiger partial charge in [0.1, 0.15) is 5.82 Å². The molecule has 1 aromatic rings. The van der Waals surface area contributed by atoms with E-state index >= 15 is 0 Å². The second kappa shape index (κ2) is 5.61. The number of rotatable bonds is 3. The van der Waals surface area contributed by atoms with Gasteiger partial charge in [-0.3, -0.25) is 4.90 Å². The third kappa shape index (κ3) is 3.05. The first-order valence-electron chi connectivity index (χ1n) is 6.40. The van der Waals surface area contributed by atoms with Gasteiger partial charge in [0.15, 0.2) is 0 Å². The van der Waals surface area contributed by atoms with Crippen molar-refractivity contribution in [2.75, 3.05) is 19.6 Å². The van der Waals surface area contributed by atoms with Gasteiger partial charge in [-0.2, -0.15) is 0 Å². The van der Waals surface area contributed by atoms with E-state index in [0.717, 1.165) is 24.6 Å². The topological polar surface area (TPSA) is 29.3 Å². The van der Waals surface area contributed by atoms with Crippen molar-refractivity contribution in [3.05, 3.63) is 35.6 Å². The van der Waals surface area contributed by atoms with Crippen LogP contribution in [0.25, 0.3) is 0 Å². The van der Waals surface area contributed by atoms with Gasteiger partial charge in [0, 0.05) is 19.1 Å². The summed E-state index contributed by atoms with van der Waals surface area (Å²) in [5, 5.41) is 0. The summed E-state index contributed by atoms with van der Waals surface area (Å²) in [6, 6.07) is 6.98. The normalized spacial score (nSPS) is 23.6. The molecule has 1 aliphatic rings. The van der Waals surface area contributed by atoms with Crippen molar-refractivity contribution < 1.29 is 4.39 Å². The van der Waals surface area contributed by atoms with Gasteiger partial charge in [0.05, 0.1) is 0 Å². The molecule has 1 aliphatic heterocycles. The van der Waals surface area contributed by atoms with E-state index in [9.17, 15) is 4.39 Å². The first-order chi connectivity index (χ1) is 8.20. The van der Waals surface area contributed by atoms with E-state index in [-0.39, 0.29) is 11.9 Å². The summed E-state index contributed by atoms with van der Waals surface area (Å²) in [6.45, 7) is 5.07. The Morgan fingerprint density at radius 2 is 2.12 bits per heavy atom. The van der Waals surface area contributed by atoms with Crippen LogP contribution in [0.15, 0.2) is 24.3 Å². The molecule has 0 radical (unpaired) electrons. The molecule has 17 heavy (non-hydrogen) atoms. The van der Waals surface area contributed by atoms with E-state index in [2.05, 4.69) is 11.8 Å². The van der Waals surface area contributed by atoms with Gasteiger partial charge in [-0.15, -0.1) is 0 Å². The second-order valence-electron chi connectivity index (χ2n) is 5.05. The fourth-order valence-corrected chi connectivity index (χ4v) is 2.69. The summed E-state index contributed by atoms with van der Waals surface area (Å²) < 4.78 is 12.9. The molecule has 0 aliphatic carbocycles. The van der Waals surface area contributed by atoms with Crippen molar-refractivity contribution in [3.8, 4) is 0 Å². The van der Waals surface area contributed by atoms with Crippen molar-refractivity contribution in [2.24, 2.45) is 11.7 Å². The van der Waals surface area contributed by atoms with Gasteiger partial charge >= 0.3 is 0 Å². The Labute approximate surface area is 103 Å². The van der Waals surface area contributed by atoms with Crippen LogP contribution in [0, 0.1) is 11.7 Å². The lowest BCUT2D eigenvalue weighted by Gasteiger charge is -2.37. The van der Waals surface area contributed by atoms with Crippen LogP contribution in [0.2, 0.25) is 0 Å². The minimum atomic E-state index is -0.184. The molecule has 1 heterocycles. The molecule has 2 N–H and O–H groups in total. The van der Waals surface area contributed by atoms with Crippen LogP contribution in [0.3, 0.4) is 0 Å². The highest BCUT2D eigenvalue weighted by molar-refractivity contribution is 5.20. The van der Waals surface area contributed by atoms with Crippen molar-refractivity contribution in [3.63, 3.8) is 0 Å². The van der Waals surface area contributed by atoms with Crippen LogP contribution in [-0.2, 0) is 0 Å². The van der Waals surface area contributed by atoms with Crippen molar-refractivity contribution >= 4 is 0 Å². The Hall–Kier alpha value is -0.930. The summed E-state index contributed by atoms with van der Waals surface area (Å²) in [4.78, 5) is 2.43. The zero-order valence-corrected chi connectivity index (χ0v) is 10.4. The molecule has 94 valence electrons. The van der Waals surface area contributed by atoms with E-state index in [1.54, 1.807) is 0 Å². The molecule has 1 fully saturated rings. The number of hydrogen-bond acceptors (Lipinski definition) is 2. The molecule has 1 aromatic carbocycles. The predicted molar refractivity (Wildman–Crippen MR) is 68.2 cm³/mol. The number of nitrogens with zero attached hydrogens (tertiary/aromatic N) is 1.